The number of thiophene rings is 1. The molecule has 1 aliphatic heterocycles. The van der Waals surface area contributed by atoms with E-state index in [0.717, 1.165) is 62.2 Å². The van der Waals surface area contributed by atoms with Gasteiger partial charge in [-0.15, -0.1) is 11.3 Å². The number of nitrogens with zero attached hydrogens (tertiary/aromatic N) is 4. The Morgan fingerprint density at radius 2 is 2.00 bits per heavy atom. The zero-order valence-electron chi connectivity index (χ0n) is 15.7. The summed E-state index contributed by atoms with van der Waals surface area (Å²) in [5, 5.41) is 11.1. The van der Waals surface area contributed by atoms with Crippen LogP contribution in [0, 0.1) is 0 Å². The fourth-order valence-electron chi connectivity index (χ4n) is 3.97. The van der Waals surface area contributed by atoms with Crippen LogP contribution in [0.25, 0.3) is 10.2 Å². The molecule has 26 heavy (non-hydrogen) atoms. The molecule has 4 rings (SSSR count). The van der Waals surface area contributed by atoms with Crippen molar-refractivity contribution in [2.45, 2.75) is 45.3 Å². The first-order chi connectivity index (χ1) is 12.6. The minimum absolute atomic E-state index is 0.387. The number of aryl methyl sites for hydroxylation is 2. The molecule has 0 radical (unpaired) electrons. The number of likely N-dealkylation sites (N-methyl/N-ethyl adjacent to an activating group) is 1. The SMILES string of the molecule is CC(O)CN(C)c1nc(CN2CCOCC2)nc2sc3c(c12)CCCC3. The normalized spacial score (nSPS) is 19.5. The highest BCUT2D eigenvalue weighted by Crippen LogP contribution is 2.39. The van der Waals surface area contributed by atoms with E-state index in [-0.39, 0.29) is 6.10 Å². The number of aliphatic hydroxyl groups excluding tert-OH is 1. The zero-order chi connectivity index (χ0) is 18.1. The van der Waals surface area contributed by atoms with Crippen molar-refractivity contribution in [3.8, 4) is 0 Å². The maximum Gasteiger partial charge on any atom is 0.146 e. The van der Waals surface area contributed by atoms with Gasteiger partial charge in [-0.25, -0.2) is 9.97 Å². The van der Waals surface area contributed by atoms with Crippen molar-refractivity contribution in [1.82, 2.24) is 14.9 Å². The van der Waals surface area contributed by atoms with Crippen LogP contribution >= 0.6 is 11.3 Å². The Kier molecular flexibility index (Phi) is 5.40. The molecular weight excluding hydrogens is 348 g/mol. The predicted octanol–water partition coefficient (Wildman–Crippen LogP) is 2.22. The largest absolute Gasteiger partial charge is 0.392 e. The lowest BCUT2D eigenvalue weighted by Gasteiger charge is -2.27. The number of hydrogen-bond donors (Lipinski definition) is 1. The molecule has 1 saturated heterocycles. The van der Waals surface area contributed by atoms with Gasteiger partial charge in [-0.05, 0) is 38.2 Å². The monoisotopic (exact) mass is 376 g/mol. The van der Waals surface area contributed by atoms with E-state index in [1.165, 1.54) is 28.7 Å². The number of aromatic nitrogens is 2. The summed E-state index contributed by atoms with van der Waals surface area (Å²) >= 11 is 1.84. The van der Waals surface area contributed by atoms with Gasteiger partial charge in [0.25, 0.3) is 0 Å². The van der Waals surface area contributed by atoms with Gasteiger partial charge in [-0.1, -0.05) is 0 Å². The minimum atomic E-state index is -0.387. The molecule has 2 aromatic rings. The average Bonchev–Trinajstić information content (AvgIpc) is 2.99. The maximum absolute atomic E-state index is 9.87. The topological polar surface area (TPSA) is 61.7 Å². The second-order valence-corrected chi connectivity index (χ2v) is 8.56. The Hall–Kier alpha value is -1.28. The molecule has 7 heteroatoms. The van der Waals surface area contributed by atoms with Gasteiger partial charge in [0.15, 0.2) is 0 Å². The van der Waals surface area contributed by atoms with E-state index in [0.29, 0.717) is 6.54 Å². The van der Waals surface area contributed by atoms with Crippen LogP contribution in [0.4, 0.5) is 5.82 Å². The molecule has 1 N–H and O–H groups in total. The van der Waals surface area contributed by atoms with Crippen LogP contribution in [0.2, 0.25) is 0 Å². The van der Waals surface area contributed by atoms with E-state index in [9.17, 15) is 5.11 Å². The van der Waals surface area contributed by atoms with Crippen LogP contribution in [0.3, 0.4) is 0 Å². The smallest absolute Gasteiger partial charge is 0.146 e. The average molecular weight is 377 g/mol. The van der Waals surface area contributed by atoms with Crippen LogP contribution < -0.4 is 4.90 Å². The van der Waals surface area contributed by atoms with Gasteiger partial charge in [-0.3, -0.25) is 4.90 Å². The third-order valence-corrected chi connectivity index (χ3v) is 6.40. The molecule has 0 bridgehead atoms. The lowest BCUT2D eigenvalue weighted by molar-refractivity contribution is 0.0331. The van der Waals surface area contributed by atoms with Crippen molar-refractivity contribution in [2.24, 2.45) is 0 Å². The third kappa shape index (κ3) is 3.71. The van der Waals surface area contributed by atoms with Crippen LogP contribution in [0.1, 0.15) is 36.0 Å². The van der Waals surface area contributed by atoms with E-state index in [4.69, 9.17) is 14.7 Å². The van der Waals surface area contributed by atoms with E-state index in [1.54, 1.807) is 0 Å². The molecule has 0 aromatic carbocycles. The summed E-state index contributed by atoms with van der Waals surface area (Å²) in [6, 6.07) is 0. The Morgan fingerprint density at radius 1 is 1.23 bits per heavy atom. The summed E-state index contributed by atoms with van der Waals surface area (Å²) in [5.41, 5.74) is 1.45. The molecule has 1 atom stereocenters. The first kappa shape index (κ1) is 18.1. The van der Waals surface area contributed by atoms with E-state index in [1.807, 2.05) is 25.3 Å². The second kappa shape index (κ2) is 7.76. The van der Waals surface area contributed by atoms with Gasteiger partial charge in [0.05, 0.1) is 31.2 Å². The van der Waals surface area contributed by atoms with Crippen molar-refractivity contribution >= 4 is 27.4 Å². The lowest BCUT2D eigenvalue weighted by atomic mass is 9.97. The number of morpholine rings is 1. The summed E-state index contributed by atoms with van der Waals surface area (Å²) in [6.45, 7) is 6.59. The lowest BCUT2D eigenvalue weighted by Crippen LogP contribution is -2.36. The van der Waals surface area contributed by atoms with Crippen molar-refractivity contribution in [2.75, 3.05) is 44.8 Å². The van der Waals surface area contributed by atoms with Crippen molar-refractivity contribution < 1.29 is 9.84 Å². The summed E-state index contributed by atoms with van der Waals surface area (Å²) in [6.07, 6.45) is 4.41. The van der Waals surface area contributed by atoms with Crippen LogP contribution in [-0.4, -0.2) is 66.0 Å². The maximum atomic E-state index is 9.87. The van der Waals surface area contributed by atoms with Gasteiger partial charge >= 0.3 is 0 Å². The molecule has 1 unspecified atom stereocenters. The van der Waals surface area contributed by atoms with E-state index >= 15 is 0 Å². The highest BCUT2D eigenvalue weighted by molar-refractivity contribution is 7.19. The Bertz CT molecular complexity index is 770. The van der Waals surface area contributed by atoms with Gasteiger partial charge in [-0.2, -0.15) is 0 Å². The van der Waals surface area contributed by atoms with Crippen molar-refractivity contribution in [1.29, 1.82) is 0 Å². The molecular formula is C19H28N4O2S. The number of anilines is 1. The summed E-state index contributed by atoms with van der Waals surface area (Å²) in [4.78, 5) is 16.9. The molecule has 0 amide bonds. The quantitative estimate of drug-likeness (QED) is 0.863. The summed E-state index contributed by atoms with van der Waals surface area (Å²) < 4.78 is 5.45. The summed E-state index contributed by atoms with van der Waals surface area (Å²) in [7, 11) is 2.03. The molecule has 1 aliphatic carbocycles. The number of hydrogen-bond acceptors (Lipinski definition) is 7. The fourth-order valence-corrected chi connectivity index (χ4v) is 5.24. The molecule has 0 spiro atoms. The van der Waals surface area contributed by atoms with Crippen molar-refractivity contribution in [3.63, 3.8) is 0 Å². The second-order valence-electron chi connectivity index (χ2n) is 7.47. The molecule has 0 saturated carbocycles. The van der Waals surface area contributed by atoms with Gasteiger partial charge in [0.1, 0.15) is 16.5 Å². The first-order valence-electron chi connectivity index (χ1n) is 9.62. The Labute approximate surface area is 158 Å². The number of fused-ring (bicyclic) bond motifs is 3. The van der Waals surface area contributed by atoms with Gasteiger partial charge in [0.2, 0.25) is 0 Å². The summed E-state index contributed by atoms with van der Waals surface area (Å²) in [5.74, 6) is 1.86. The Balaban J connectivity index is 1.74. The minimum Gasteiger partial charge on any atom is -0.392 e. The first-order valence-corrected chi connectivity index (χ1v) is 10.4. The molecule has 2 aliphatic rings. The Morgan fingerprint density at radius 3 is 2.77 bits per heavy atom. The van der Waals surface area contributed by atoms with Crippen LogP contribution in [-0.2, 0) is 24.1 Å². The number of aliphatic hydroxyl groups is 1. The van der Waals surface area contributed by atoms with Crippen molar-refractivity contribution in [3.05, 3.63) is 16.3 Å². The number of rotatable bonds is 5. The molecule has 3 heterocycles. The van der Waals surface area contributed by atoms with Gasteiger partial charge in [0, 0.05) is 31.6 Å². The highest BCUT2D eigenvalue weighted by atomic mass is 32.1. The highest BCUT2D eigenvalue weighted by Gasteiger charge is 2.24. The predicted molar refractivity (Wildman–Crippen MR) is 105 cm³/mol. The molecule has 142 valence electrons. The molecule has 6 nitrogen and oxygen atoms in total. The fraction of sp³-hybridized carbons (Fsp3) is 0.684. The van der Waals surface area contributed by atoms with Gasteiger partial charge < -0.3 is 14.7 Å². The molecule has 1 fully saturated rings. The van der Waals surface area contributed by atoms with Crippen LogP contribution in [0.5, 0.6) is 0 Å². The molecule has 2 aromatic heterocycles. The van der Waals surface area contributed by atoms with E-state index in [2.05, 4.69) is 9.80 Å². The van der Waals surface area contributed by atoms with E-state index < -0.39 is 0 Å². The number of ether oxygens (including phenoxy) is 1. The third-order valence-electron chi connectivity index (χ3n) is 5.21. The van der Waals surface area contributed by atoms with Crippen LogP contribution in [0.15, 0.2) is 0 Å². The standard InChI is InChI=1S/C19H28N4O2S/c1-13(24)11-22(2)18-17-14-5-3-4-6-15(14)26-19(17)21-16(20-18)12-23-7-9-25-10-8-23/h13,24H,3-12H2,1-2H3. The zero-order valence-corrected chi connectivity index (χ0v) is 16.5.